The maximum atomic E-state index is 5.33. The van der Waals surface area contributed by atoms with Gasteiger partial charge in [-0.2, -0.15) is 4.98 Å². The molecule has 1 aliphatic heterocycles. The summed E-state index contributed by atoms with van der Waals surface area (Å²) < 4.78 is 5.33. The summed E-state index contributed by atoms with van der Waals surface area (Å²) in [6.07, 6.45) is 4.90. The number of rotatable bonds is 9. The van der Waals surface area contributed by atoms with Crippen LogP contribution < -0.4 is 10.6 Å². The van der Waals surface area contributed by atoms with Crippen LogP contribution in [-0.4, -0.2) is 58.7 Å². The molecule has 0 aromatic carbocycles. The van der Waals surface area contributed by atoms with E-state index in [2.05, 4.69) is 55.1 Å². The summed E-state index contributed by atoms with van der Waals surface area (Å²) in [4.78, 5) is 17.5. The minimum atomic E-state index is 0. The molecule has 1 unspecified atom stereocenters. The Labute approximate surface area is 209 Å². The highest BCUT2D eigenvalue weighted by molar-refractivity contribution is 14.0. The van der Waals surface area contributed by atoms with Gasteiger partial charge >= 0.3 is 0 Å². The van der Waals surface area contributed by atoms with Crippen LogP contribution in [0.4, 0.5) is 0 Å². The maximum absolute atomic E-state index is 5.33. The van der Waals surface area contributed by atoms with E-state index in [9.17, 15) is 0 Å². The van der Waals surface area contributed by atoms with Gasteiger partial charge in [-0.15, -0.1) is 35.3 Å². The summed E-state index contributed by atoms with van der Waals surface area (Å²) >= 11 is 1.81. The van der Waals surface area contributed by atoms with Gasteiger partial charge in [0, 0.05) is 30.6 Å². The summed E-state index contributed by atoms with van der Waals surface area (Å²) in [5, 5.41) is 12.9. The van der Waals surface area contributed by atoms with Gasteiger partial charge in [0.2, 0.25) is 0 Å². The number of nitrogens with zero attached hydrogens (tertiary/aromatic N) is 5. The van der Waals surface area contributed by atoms with Gasteiger partial charge in [-0.05, 0) is 56.4 Å². The third-order valence-electron chi connectivity index (χ3n) is 5.21. The molecule has 0 spiro atoms. The number of hydrogen-bond donors (Lipinski definition) is 2. The van der Waals surface area contributed by atoms with Gasteiger partial charge in [0.1, 0.15) is 5.69 Å². The maximum Gasteiger partial charge on any atom is 0.276 e. The van der Waals surface area contributed by atoms with Crippen molar-refractivity contribution >= 4 is 41.3 Å². The van der Waals surface area contributed by atoms with Crippen LogP contribution in [0.1, 0.15) is 36.5 Å². The summed E-state index contributed by atoms with van der Waals surface area (Å²) in [6.45, 7) is 6.59. The number of likely N-dealkylation sites (tertiary alicyclic amines) is 1. The van der Waals surface area contributed by atoms with Gasteiger partial charge in [-0.3, -0.25) is 14.9 Å². The van der Waals surface area contributed by atoms with Crippen LogP contribution in [0.15, 0.2) is 51.4 Å². The summed E-state index contributed by atoms with van der Waals surface area (Å²) in [6, 6.07) is 10.3. The van der Waals surface area contributed by atoms with Crippen molar-refractivity contribution in [1.82, 2.24) is 30.7 Å². The highest BCUT2D eigenvalue weighted by atomic mass is 127. The molecule has 3 aromatic heterocycles. The van der Waals surface area contributed by atoms with Crippen LogP contribution in [0.25, 0.3) is 11.6 Å². The molecule has 0 amide bonds. The second-order valence-corrected chi connectivity index (χ2v) is 8.38. The molecule has 0 radical (unpaired) electrons. The van der Waals surface area contributed by atoms with E-state index in [-0.39, 0.29) is 24.0 Å². The Morgan fingerprint density at radius 1 is 1.22 bits per heavy atom. The molecule has 2 N–H and O–H groups in total. The van der Waals surface area contributed by atoms with Crippen molar-refractivity contribution < 1.29 is 4.52 Å². The molecule has 172 valence electrons. The number of nitrogens with one attached hydrogen (secondary N) is 2. The van der Waals surface area contributed by atoms with E-state index in [1.165, 1.54) is 17.7 Å². The zero-order valence-electron chi connectivity index (χ0n) is 18.2. The molecule has 0 saturated carbocycles. The molecule has 10 heteroatoms. The highest BCUT2D eigenvalue weighted by Gasteiger charge is 2.24. The van der Waals surface area contributed by atoms with Gasteiger partial charge in [-0.25, -0.2) is 0 Å². The molecule has 1 fully saturated rings. The van der Waals surface area contributed by atoms with E-state index in [1.54, 1.807) is 6.20 Å². The zero-order valence-corrected chi connectivity index (χ0v) is 21.4. The van der Waals surface area contributed by atoms with Crippen LogP contribution in [0.2, 0.25) is 0 Å². The van der Waals surface area contributed by atoms with Crippen molar-refractivity contribution in [3.63, 3.8) is 0 Å². The molecule has 32 heavy (non-hydrogen) atoms. The topological polar surface area (TPSA) is 91.5 Å². The molecule has 1 atom stereocenters. The Morgan fingerprint density at radius 2 is 2.09 bits per heavy atom. The Bertz CT molecular complexity index is 942. The normalized spacial score (nSPS) is 15.3. The zero-order chi connectivity index (χ0) is 21.3. The number of halogens is 1. The Morgan fingerprint density at radius 3 is 2.81 bits per heavy atom. The summed E-state index contributed by atoms with van der Waals surface area (Å²) in [5.74, 6) is 1.91. The Kier molecular flexibility index (Phi) is 9.88. The lowest BCUT2D eigenvalue weighted by Gasteiger charge is -2.25. The molecule has 3 aromatic rings. The fourth-order valence-electron chi connectivity index (χ4n) is 3.68. The van der Waals surface area contributed by atoms with Gasteiger partial charge in [-0.1, -0.05) is 17.3 Å². The number of hydrogen-bond acceptors (Lipinski definition) is 7. The molecule has 0 aliphatic carbocycles. The van der Waals surface area contributed by atoms with Crippen LogP contribution >= 0.6 is 35.3 Å². The smallest absolute Gasteiger partial charge is 0.276 e. The Hall–Kier alpha value is -2.05. The number of aliphatic imine (C=N–C) groups is 1. The van der Waals surface area contributed by atoms with E-state index in [1.807, 2.05) is 29.5 Å². The molecule has 4 rings (SSSR count). The lowest BCUT2D eigenvalue weighted by Crippen LogP contribution is -2.39. The van der Waals surface area contributed by atoms with Gasteiger partial charge in [0.05, 0.1) is 12.6 Å². The van der Waals surface area contributed by atoms with Crippen molar-refractivity contribution in [2.24, 2.45) is 4.99 Å². The van der Waals surface area contributed by atoms with Gasteiger partial charge < -0.3 is 15.2 Å². The third-order valence-corrected chi connectivity index (χ3v) is 6.19. The Balaban J connectivity index is 0.00000289. The van der Waals surface area contributed by atoms with Crippen molar-refractivity contribution in [3.05, 3.63) is 52.6 Å². The lowest BCUT2D eigenvalue weighted by molar-refractivity contribution is 0.255. The second kappa shape index (κ2) is 12.9. The number of pyridine rings is 1. The van der Waals surface area contributed by atoms with Crippen LogP contribution in [0, 0.1) is 0 Å². The average molecular weight is 568 g/mol. The molecule has 1 aliphatic rings. The van der Waals surface area contributed by atoms with Gasteiger partial charge in [0.25, 0.3) is 5.89 Å². The van der Waals surface area contributed by atoms with Crippen molar-refractivity contribution in [2.75, 3.05) is 32.7 Å². The lowest BCUT2D eigenvalue weighted by atomic mass is 10.2. The first kappa shape index (κ1) is 24.6. The monoisotopic (exact) mass is 567 g/mol. The molecule has 1 saturated heterocycles. The minimum Gasteiger partial charge on any atom is -0.357 e. The van der Waals surface area contributed by atoms with E-state index in [0.717, 1.165) is 32.1 Å². The standard InChI is InChI=1S/C22H29N7OS.HI/c1-2-23-22(26-16-18(19-9-7-15-31-19)29-13-5-6-14-29)25-12-10-20-27-21(30-28-20)17-8-3-4-11-24-17;/h3-4,7-9,11,15,18H,2,5-6,10,12-14,16H2,1H3,(H2,23,25,26);1H. The van der Waals surface area contributed by atoms with Crippen molar-refractivity contribution in [3.8, 4) is 11.6 Å². The molecule has 4 heterocycles. The predicted molar refractivity (Wildman–Crippen MR) is 138 cm³/mol. The summed E-state index contributed by atoms with van der Waals surface area (Å²) in [5.41, 5.74) is 0.686. The van der Waals surface area contributed by atoms with E-state index >= 15 is 0 Å². The first-order valence-electron chi connectivity index (χ1n) is 10.9. The molecule has 0 bridgehead atoms. The average Bonchev–Trinajstić information content (AvgIpc) is 3.58. The van der Waals surface area contributed by atoms with Crippen LogP contribution in [0.3, 0.4) is 0 Å². The number of thiophene rings is 1. The third kappa shape index (κ3) is 6.72. The molecule has 8 nitrogen and oxygen atoms in total. The van der Waals surface area contributed by atoms with E-state index in [4.69, 9.17) is 9.52 Å². The fraction of sp³-hybridized carbons (Fsp3) is 0.455. The molecular formula is C22H30IN7OS. The first-order valence-corrected chi connectivity index (χ1v) is 11.7. The summed E-state index contributed by atoms with van der Waals surface area (Å²) in [7, 11) is 0. The fourth-order valence-corrected chi connectivity index (χ4v) is 4.53. The minimum absolute atomic E-state index is 0. The van der Waals surface area contributed by atoms with Gasteiger partial charge in [0.15, 0.2) is 11.8 Å². The number of guanidine groups is 1. The number of aromatic nitrogens is 3. The van der Waals surface area contributed by atoms with E-state index in [0.29, 0.717) is 36.4 Å². The van der Waals surface area contributed by atoms with Crippen molar-refractivity contribution in [2.45, 2.75) is 32.2 Å². The first-order chi connectivity index (χ1) is 15.3. The largest absolute Gasteiger partial charge is 0.357 e. The van der Waals surface area contributed by atoms with E-state index < -0.39 is 0 Å². The SMILES string of the molecule is CCNC(=NCC(c1cccs1)N1CCCC1)NCCc1noc(-c2ccccn2)n1.I. The highest BCUT2D eigenvalue weighted by Crippen LogP contribution is 2.28. The van der Waals surface area contributed by atoms with Crippen LogP contribution in [0.5, 0.6) is 0 Å². The predicted octanol–water partition coefficient (Wildman–Crippen LogP) is 3.75. The second-order valence-electron chi connectivity index (χ2n) is 7.40. The van der Waals surface area contributed by atoms with Crippen LogP contribution in [-0.2, 0) is 6.42 Å². The molecular weight excluding hydrogens is 537 g/mol. The van der Waals surface area contributed by atoms with Crippen molar-refractivity contribution in [1.29, 1.82) is 0 Å². The quantitative estimate of drug-likeness (QED) is 0.231.